The maximum Gasteiger partial charge on any atom is 0.338 e. The highest BCUT2D eigenvalue weighted by Crippen LogP contribution is 2.17. The second kappa shape index (κ2) is 7.86. The number of halogens is 1. The molecule has 27 heavy (non-hydrogen) atoms. The van der Waals surface area contributed by atoms with Gasteiger partial charge in [-0.15, -0.1) is 0 Å². The van der Waals surface area contributed by atoms with Crippen LogP contribution < -0.4 is 5.32 Å². The van der Waals surface area contributed by atoms with E-state index in [1.807, 2.05) is 38.1 Å². The lowest BCUT2D eigenvalue weighted by molar-refractivity contribution is -0.119. The molecule has 0 aliphatic heterocycles. The first-order chi connectivity index (χ1) is 12.9. The van der Waals surface area contributed by atoms with Crippen molar-refractivity contribution >= 4 is 17.6 Å². The van der Waals surface area contributed by atoms with Crippen molar-refractivity contribution in [2.24, 2.45) is 0 Å². The molecule has 0 saturated heterocycles. The fraction of sp³-hybridized carbons (Fsp3) is 0.143. The van der Waals surface area contributed by atoms with Crippen LogP contribution in [0.1, 0.15) is 21.7 Å². The number of ether oxygens (including phenoxy) is 1. The zero-order chi connectivity index (χ0) is 19.4. The van der Waals surface area contributed by atoms with E-state index in [0.29, 0.717) is 11.3 Å². The normalized spacial score (nSPS) is 10.5. The highest BCUT2D eigenvalue weighted by molar-refractivity contribution is 5.95. The summed E-state index contributed by atoms with van der Waals surface area (Å²) in [5.41, 5.74) is 3.93. The number of nitrogens with one attached hydrogen (secondary N) is 1. The van der Waals surface area contributed by atoms with Crippen LogP contribution in [0.25, 0.3) is 5.69 Å². The van der Waals surface area contributed by atoms with E-state index >= 15 is 0 Å². The summed E-state index contributed by atoms with van der Waals surface area (Å²) in [6.45, 7) is 3.59. The molecule has 3 aromatic rings. The summed E-state index contributed by atoms with van der Waals surface area (Å²) in [6.07, 6.45) is 0. The van der Waals surface area contributed by atoms with E-state index in [9.17, 15) is 14.0 Å². The number of aryl methyl sites for hydroxylation is 2. The first-order valence-corrected chi connectivity index (χ1v) is 8.42. The number of rotatable bonds is 5. The molecule has 1 N–H and O–H groups in total. The zero-order valence-electron chi connectivity index (χ0n) is 15.0. The van der Waals surface area contributed by atoms with Crippen LogP contribution in [-0.2, 0) is 9.53 Å². The first-order valence-electron chi connectivity index (χ1n) is 8.42. The Morgan fingerprint density at radius 1 is 0.926 bits per heavy atom. The lowest BCUT2D eigenvalue weighted by Crippen LogP contribution is -2.20. The molecule has 0 unspecified atom stereocenters. The number of hydrogen-bond donors (Lipinski definition) is 1. The number of benzene rings is 2. The first kappa shape index (κ1) is 18.4. The molecule has 0 spiro atoms. The van der Waals surface area contributed by atoms with Crippen molar-refractivity contribution in [1.29, 1.82) is 0 Å². The van der Waals surface area contributed by atoms with Crippen molar-refractivity contribution in [2.45, 2.75) is 13.8 Å². The number of esters is 1. The molecule has 138 valence electrons. The summed E-state index contributed by atoms with van der Waals surface area (Å²) in [5.74, 6) is -1.48. The number of carbonyl (C=O) groups excluding carboxylic acids is 2. The summed E-state index contributed by atoms with van der Waals surface area (Å²) in [7, 11) is 0. The van der Waals surface area contributed by atoms with E-state index in [1.165, 1.54) is 24.3 Å². The number of amides is 1. The molecule has 1 aromatic heterocycles. The molecule has 0 atom stereocenters. The monoisotopic (exact) mass is 366 g/mol. The van der Waals surface area contributed by atoms with Gasteiger partial charge in [0, 0.05) is 22.8 Å². The minimum Gasteiger partial charge on any atom is -0.452 e. The standard InChI is InChI=1S/C21H19FN2O3/c1-14-3-4-15(2)24(14)19-11-5-16(6-12-19)21(26)27-13-20(25)23-18-9-7-17(22)8-10-18/h3-12H,13H2,1-2H3,(H,23,25). The van der Waals surface area contributed by atoms with Gasteiger partial charge in [0.25, 0.3) is 5.91 Å². The Balaban J connectivity index is 1.58. The Kier molecular flexibility index (Phi) is 5.35. The van der Waals surface area contributed by atoms with Gasteiger partial charge in [-0.05, 0) is 74.5 Å². The second-order valence-corrected chi connectivity index (χ2v) is 6.13. The van der Waals surface area contributed by atoms with Crippen LogP contribution >= 0.6 is 0 Å². The Labute approximate surface area is 156 Å². The molecule has 0 radical (unpaired) electrons. The van der Waals surface area contributed by atoms with Gasteiger partial charge in [-0.2, -0.15) is 0 Å². The highest BCUT2D eigenvalue weighted by Gasteiger charge is 2.11. The molecule has 6 heteroatoms. The van der Waals surface area contributed by atoms with Crippen molar-refractivity contribution in [3.8, 4) is 5.69 Å². The van der Waals surface area contributed by atoms with Crippen molar-refractivity contribution in [3.63, 3.8) is 0 Å². The molecule has 3 rings (SSSR count). The van der Waals surface area contributed by atoms with Crippen LogP contribution in [0.15, 0.2) is 60.7 Å². The maximum absolute atomic E-state index is 12.8. The molecule has 0 aliphatic carbocycles. The minimum absolute atomic E-state index is 0.357. The third kappa shape index (κ3) is 4.41. The van der Waals surface area contributed by atoms with Gasteiger partial charge in [0.1, 0.15) is 5.82 Å². The van der Waals surface area contributed by atoms with E-state index in [1.54, 1.807) is 12.1 Å². The largest absolute Gasteiger partial charge is 0.452 e. The fourth-order valence-corrected chi connectivity index (χ4v) is 2.77. The van der Waals surface area contributed by atoms with Crippen molar-refractivity contribution < 1.29 is 18.7 Å². The number of anilines is 1. The zero-order valence-corrected chi connectivity index (χ0v) is 15.0. The Morgan fingerprint density at radius 3 is 2.11 bits per heavy atom. The van der Waals surface area contributed by atoms with Crippen LogP contribution in [0.4, 0.5) is 10.1 Å². The van der Waals surface area contributed by atoms with Gasteiger partial charge in [0.2, 0.25) is 0 Å². The third-order valence-electron chi connectivity index (χ3n) is 4.09. The molecule has 0 bridgehead atoms. The number of nitrogens with zero attached hydrogens (tertiary/aromatic N) is 1. The summed E-state index contributed by atoms with van der Waals surface area (Å²) < 4.78 is 20.0. The third-order valence-corrected chi connectivity index (χ3v) is 4.09. The SMILES string of the molecule is Cc1ccc(C)n1-c1ccc(C(=O)OCC(=O)Nc2ccc(F)cc2)cc1. The van der Waals surface area contributed by atoms with E-state index in [-0.39, 0.29) is 0 Å². The quantitative estimate of drug-likeness (QED) is 0.694. The van der Waals surface area contributed by atoms with Gasteiger partial charge in [-0.25, -0.2) is 9.18 Å². The molecule has 1 heterocycles. The average molecular weight is 366 g/mol. The van der Waals surface area contributed by atoms with Gasteiger partial charge in [0.05, 0.1) is 5.56 Å². The van der Waals surface area contributed by atoms with Gasteiger partial charge in [-0.1, -0.05) is 0 Å². The Morgan fingerprint density at radius 2 is 1.52 bits per heavy atom. The summed E-state index contributed by atoms with van der Waals surface area (Å²) in [5, 5.41) is 2.53. The predicted octanol–water partition coefficient (Wildman–Crippen LogP) is 4.03. The van der Waals surface area contributed by atoms with Crippen molar-refractivity contribution in [1.82, 2.24) is 4.57 Å². The van der Waals surface area contributed by atoms with Gasteiger partial charge < -0.3 is 14.6 Å². The van der Waals surface area contributed by atoms with Crippen LogP contribution in [0, 0.1) is 19.7 Å². The van der Waals surface area contributed by atoms with Crippen molar-refractivity contribution in [2.75, 3.05) is 11.9 Å². The average Bonchev–Trinajstić information content (AvgIpc) is 3.00. The van der Waals surface area contributed by atoms with Gasteiger partial charge in [-0.3, -0.25) is 4.79 Å². The molecule has 2 aromatic carbocycles. The van der Waals surface area contributed by atoms with Crippen LogP contribution in [0.2, 0.25) is 0 Å². The van der Waals surface area contributed by atoms with E-state index in [2.05, 4.69) is 9.88 Å². The summed E-state index contributed by atoms with van der Waals surface area (Å²) in [6, 6.07) is 16.4. The Bertz CT molecular complexity index is 941. The molecule has 5 nitrogen and oxygen atoms in total. The highest BCUT2D eigenvalue weighted by atomic mass is 19.1. The van der Waals surface area contributed by atoms with E-state index in [0.717, 1.165) is 17.1 Å². The Hall–Kier alpha value is -3.41. The molecule has 0 saturated carbocycles. The van der Waals surface area contributed by atoms with E-state index in [4.69, 9.17) is 4.74 Å². The molecule has 1 amide bonds. The smallest absolute Gasteiger partial charge is 0.338 e. The second-order valence-electron chi connectivity index (χ2n) is 6.13. The molecular weight excluding hydrogens is 347 g/mol. The molecule has 0 fully saturated rings. The van der Waals surface area contributed by atoms with Crippen molar-refractivity contribution in [3.05, 3.63) is 83.4 Å². The molecule has 0 aliphatic rings. The minimum atomic E-state index is -0.586. The molecular formula is C21H19FN2O3. The maximum atomic E-state index is 12.8. The van der Waals surface area contributed by atoms with E-state index < -0.39 is 24.3 Å². The summed E-state index contributed by atoms with van der Waals surface area (Å²) in [4.78, 5) is 24.0. The number of hydrogen-bond acceptors (Lipinski definition) is 3. The summed E-state index contributed by atoms with van der Waals surface area (Å²) >= 11 is 0. The van der Waals surface area contributed by atoms with Crippen LogP contribution in [-0.4, -0.2) is 23.1 Å². The number of aromatic nitrogens is 1. The van der Waals surface area contributed by atoms with Gasteiger partial charge in [0.15, 0.2) is 6.61 Å². The topological polar surface area (TPSA) is 60.3 Å². The predicted molar refractivity (Wildman–Crippen MR) is 101 cm³/mol. The number of carbonyl (C=O) groups is 2. The van der Waals surface area contributed by atoms with Crippen LogP contribution in [0.3, 0.4) is 0 Å². The van der Waals surface area contributed by atoms with Gasteiger partial charge >= 0.3 is 5.97 Å². The fourth-order valence-electron chi connectivity index (χ4n) is 2.77. The lowest BCUT2D eigenvalue weighted by Gasteiger charge is -2.10. The lowest BCUT2D eigenvalue weighted by atomic mass is 10.2. The van der Waals surface area contributed by atoms with Crippen LogP contribution in [0.5, 0.6) is 0 Å².